The molecule has 1 aliphatic rings. The number of Topliss-reactive ketones (excluding diaryl/α,β-unsaturated/α-hetero) is 1. The Labute approximate surface area is 703 Å². The highest BCUT2D eigenvalue weighted by molar-refractivity contribution is 7.17. The van der Waals surface area contributed by atoms with Crippen LogP contribution in [0.15, 0.2) is 121 Å². The molecule has 14 amide bonds. The van der Waals surface area contributed by atoms with Crippen molar-refractivity contribution in [2.75, 3.05) is 32.0 Å². The number of H-pyrrole nitrogens is 1. The highest BCUT2D eigenvalue weighted by atomic mass is 32.1. The first kappa shape index (κ1) is 95.6. The second kappa shape index (κ2) is 45.6. The number of aromatic nitrogens is 1. The summed E-state index contributed by atoms with van der Waals surface area (Å²) in [6, 6.07) is 9.32. The van der Waals surface area contributed by atoms with Crippen LogP contribution in [0.5, 0.6) is 0 Å². The van der Waals surface area contributed by atoms with Gasteiger partial charge in [0.1, 0.15) is 72.6 Å². The van der Waals surface area contributed by atoms with E-state index in [0.717, 1.165) is 48.8 Å². The number of hydrogen-bond donors (Lipinski definition) is 22. The number of nitrogen functional groups attached to an aromatic ring is 1. The molecular weight excluding hydrogens is 1640 g/mol. The van der Waals surface area contributed by atoms with E-state index in [9.17, 15) is 121 Å². The maximum absolute atomic E-state index is 14.9. The fourth-order valence-electron chi connectivity index (χ4n) is 12.5. The average molecular weight is 1730 g/mol. The number of aromatic amines is 1. The third-order valence-electron chi connectivity index (χ3n) is 18.9. The SMILES string of the molecule is C[C@H](CC(=O)O)[C@@H]1NC(=O)[C@@H](CO)NC(=O)CNC(=O)[C@H](CC(=O)O)NC(=O)[C@@H](C)NC(=O)[C@H](CC(=O)O)NC(=O)[C@H](CCCN)NC(=O)CNC(=O)[C@@H](NC(=O)[C@H](CC(=O)O)NC(=O)[C@@H](CC(N)=O)NC(=O)[C@H](Cc2c[nH]c3ccccc23)NC(=O)c2ccc(-c3ccc(-c4ccccc4)cc3)s2)[C@@H](C)OC(=O)[C@H](CC(=O)c2ccccc2N)NC1=O. The van der Waals surface area contributed by atoms with Crippen molar-refractivity contribution in [3.63, 3.8) is 0 Å². The number of aliphatic carboxylic acids is 4. The molecule has 7 rings (SSSR count). The molecule has 1 aliphatic heterocycles. The van der Waals surface area contributed by atoms with E-state index in [-0.39, 0.29) is 35.5 Å². The summed E-state index contributed by atoms with van der Waals surface area (Å²) < 4.78 is 5.70. The van der Waals surface area contributed by atoms with Gasteiger partial charge in [-0.2, -0.15) is 0 Å². The summed E-state index contributed by atoms with van der Waals surface area (Å²) in [6.45, 7) is -1.00. The normalized spacial score (nSPS) is 20.5. The maximum Gasteiger partial charge on any atom is 0.329 e. The second-order valence-electron chi connectivity index (χ2n) is 28.4. The first-order valence-electron chi connectivity index (χ1n) is 38.1. The van der Waals surface area contributed by atoms with Crippen LogP contribution < -0.4 is 86.3 Å². The van der Waals surface area contributed by atoms with Crippen molar-refractivity contribution in [2.45, 2.75) is 151 Å². The lowest BCUT2D eigenvalue weighted by atomic mass is 9.96. The van der Waals surface area contributed by atoms with E-state index < -0.39 is 261 Å². The summed E-state index contributed by atoms with van der Waals surface area (Å²) in [6.07, 6.45) is -8.54. The lowest BCUT2D eigenvalue weighted by Crippen LogP contribution is -2.62. The number of carboxylic acid groups (broad SMARTS) is 4. The summed E-state index contributed by atoms with van der Waals surface area (Å²) in [5.74, 6) is -30.2. The van der Waals surface area contributed by atoms with Gasteiger partial charge in [-0.15, -0.1) is 11.3 Å². The number of thiophene rings is 1. The Bertz CT molecular complexity index is 4960. The summed E-state index contributed by atoms with van der Waals surface area (Å²) in [5.41, 5.74) is 20.7. The van der Waals surface area contributed by atoms with Crippen molar-refractivity contribution < 1.29 is 126 Å². The van der Waals surface area contributed by atoms with E-state index in [1.54, 1.807) is 36.5 Å². The lowest BCUT2D eigenvalue weighted by molar-refractivity contribution is -0.156. The van der Waals surface area contributed by atoms with E-state index in [4.69, 9.17) is 21.9 Å². The number of anilines is 1. The third-order valence-corrected chi connectivity index (χ3v) is 20.1. The summed E-state index contributed by atoms with van der Waals surface area (Å²) >= 11 is 1.07. The molecule has 123 heavy (non-hydrogen) atoms. The zero-order chi connectivity index (χ0) is 90.5. The Balaban J connectivity index is 1.25. The Kier molecular flexibility index (Phi) is 35.4. The van der Waals surface area contributed by atoms with Crippen LogP contribution >= 0.6 is 11.3 Å². The number of carbonyl (C=O) groups is 20. The summed E-state index contributed by atoms with van der Waals surface area (Å²) in [7, 11) is 0. The number of cyclic esters (lactones) is 1. The quantitative estimate of drug-likeness (QED) is 0.0116. The van der Waals surface area contributed by atoms with E-state index in [1.807, 2.05) is 70.5 Å². The summed E-state index contributed by atoms with van der Waals surface area (Å²) in [4.78, 5) is 279. The molecule has 4 aromatic carbocycles. The van der Waals surface area contributed by atoms with Crippen LogP contribution in [-0.2, 0) is 97.5 Å². The largest absolute Gasteiger partial charge is 0.481 e. The molecule has 43 nitrogen and oxygen atoms in total. The molecule has 6 aromatic rings. The molecule has 0 spiro atoms. The van der Waals surface area contributed by atoms with Crippen molar-refractivity contribution in [3.05, 3.63) is 137 Å². The van der Waals surface area contributed by atoms with Gasteiger partial charge in [0.15, 0.2) is 5.78 Å². The molecule has 44 heteroatoms. The van der Waals surface area contributed by atoms with Gasteiger partial charge in [-0.3, -0.25) is 91.1 Å². The smallest absolute Gasteiger partial charge is 0.329 e. The zero-order valence-electron chi connectivity index (χ0n) is 66.2. The number of rotatable bonds is 30. The van der Waals surface area contributed by atoms with Gasteiger partial charge in [-0.05, 0) is 91.7 Å². The molecule has 2 aromatic heterocycles. The Morgan fingerprint density at radius 2 is 1.07 bits per heavy atom. The van der Waals surface area contributed by atoms with Crippen LogP contribution in [0.25, 0.3) is 32.5 Å². The molecule has 3 heterocycles. The highest BCUT2D eigenvalue weighted by Gasteiger charge is 2.41. The van der Waals surface area contributed by atoms with Crippen LogP contribution in [0.2, 0.25) is 0 Å². The molecule has 25 N–H and O–H groups in total. The second-order valence-corrected chi connectivity index (χ2v) is 29.5. The van der Waals surface area contributed by atoms with Gasteiger partial charge in [0, 0.05) is 46.1 Å². The minimum atomic E-state index is -2.47. The molecule has 656 valence electrons. The molecule has 0 aliphatic carbocycles. The lowest BCUT2D eigenvalue weighted by Gasteiger charge is -2.30. The van der Waals surface area contributed by atoms with Crippen molar-refractivity contribution in [3.8, 4) is 21.6 Å². The number of ether oxygens (including phenoxy) is 1. The van der Waals surface area contributed by atoms with Gasteiger partial charge >= 0.3 is 29.8 Å². The van der Waals surface area contributed by atoms with E-state index >= 15 is 0 Å². The Morgan fingerprint density at radius 1 is 0.528 bits per heavy atom. The molecule has 0 radical (unpaired) electrons. The minimum absolute atomic E-state index is 0.103. The molecule has 1 fully saturated rings. The van der Waals surface area contributed by atoms with Crippen LogP contribution in [0, 0.1) is 5.92 Å². The minimum Gasteiger partial charge on any atom is -0.481 e. The average Bonchev–Trinajstić information content (AvgIpc) is 1.52. The first-order valence-corrected chi connectivity index (χ1v) is 38.9. The van der Waals surface area contributed by atoms with Gasteiger partial charge in [-0.1, -0.05) is 91.9 Å². The molecule has 1 saturated heterocycles. The van der Waals surface area contributed by atoms with Crippen molar-refractivity contribution >= 4 is 146 Å². The van der Waals surface area contributed by atoms with Gasteiger partial charge in [0.25, 0.3) is 5.91 Å². The van der Waals surface area contributed by atoms with Crippen LogP contribution in [0.3, 0.4) is 0 Å². The van der Waals surface area contributed by atoms with Crippen LogP contribution in [0.4, 0.5) is 5.69 Å². The zero-order valence-corrected chi connectivity index (χ0v) is 67.0. The predicted octanol–water partition coefficient (Wildman–Crippen LogP) is -4.05. The van der Waals surface area contributed by atoms with Gasteiger partial charge in [0.05, 0.1) is 56.7 Å². The predicted molar refractivity (Wildman–Crippen MR) is 432 cm³/mol. The number of hydrogen-bond acceptors (Lipinski definition) is 25. The Hall–Kier alpha value is -14.6. The number of esters is 1. The number of aliphatic hydroxyl groups excluding tert-OH is 1. The fourth-order valence-corrected chi connectivity index (χ4v) is 13.4. The van der Waals surface area contributed by atoms with Gasteiger partial charge < -0.3 is 122 Å². The van der Waals surface area contributed by atoms with Crippen molar-refractivity contribution in [1.29, 1.82) is 0 Å². The number of para-hydroxylation sites is 2. The number of carbonyl (C=O) groups excluding carboxylic acids is 16. The highest BCUT2D eigenvalue weighted by Crippen LogP contribution is 2.31. The molecule has 0 bridgehead atoms. The van der Waals surface area contributed by atoms with Crippen molar-refractivity contribution in [1.82, 2.24) is 74.1 Å². The van der Waals surface area contributed by atoms with E-state index in [2.05, 4.69) is 58.2 Å². The van der Waals surface area contributed by atoms with Crippen LogP contribution in [0.1, 0.15) is 97.7 Å². The van der Waals surface area contributed by atoms with Gasteiger partial charge in [0.2, 0.25) is 76.8 Å². The van der Waals surface area contributed by atoms with E-state index in [1.165, 1.54) is 30.3 Å². The van der Waals surface area contributed by atoms with Crippen molar-refractivity contribution in [2.24, 2.45) is 17.4 Å². The molecule has 13 atom stereocenters. The number of aliphatic hydroxyl groups is 1. The first-order chi connectivity index (χ1) is 58.3. The standard InChI is InChI=1S/C79H93N17O26S/c1-37(26-62(102)103)66-78(120)94-54(28-56(98)45-15-7-9-16-46(45)81)79(121)122-39(3)67(77(119)85-35-60(100)87-48(18-11-25-80)70(112)91-52(31-64(106)107)71(113)86-38(2)68(110)89-51(30-63(104)105)69(111)84-34-61(101)88-55(36-97)75(117)95-66)96-74(116)53(32-65(108)109)92-73(115)50(29-59(82)99)90-72(114)49(27-43-33-83-47-17-10-8-14-44(43)47)93-76(118)58-24-23-57(123-58)42-21-19-41(20-22-42)40-12-5-4-6-13-40/h4-10,12-17,19-24,33,37-39,48-55,66-67,83,97H,11,18,25-32,34-36,80-81H2,1-3H3,(H2,82,99)(H,84,111)(H,85,119)(H,86,113)(H,87,100)(H,88,101)(H,89,110)(H,90,114)(H,91,112)(H,92,115)(H,93,118)(H,94,120)(H,95,117)(H,96,116)(H,102,103)(H,104,105)(H,106,107)(H,108,109)/t37-,38-,39-,48+,49+,50-,51+,52+,53+,54+,55-,66+,67+/m1/s1. The number of benzene rings is 4. The topological polar surface area (TPSA) is 702 Å². The molecule has 0 unspecified atom stereocenters. The number of nitrogens with two attached hydrogens (primary N) is 3. The third kappa shape index (κ3) is 28.9. The fraction of sp³-hybridized carbons (Fsp3) is 0.367. The Morgan fingerprint density at radius 3 is 1.69 bits per heavy atom. The number of nitrogens with one attached hydrogen (secondary N) is 14. The number of fused-ring (bicyclic) bond motifs is 1. The number of carboxylic acids is 4. The molecular formula is C79H93N17O26S. The maximum atomic E-state index is 14.9. The number of amides is 14. The van der Waals surface area contributed by atoms with Gasteiger partial charge in [-0.25, -0.2) is 4.79 Å². The monoisotopic (exact) mass is 1730 g/mol. The van der Waals surface area contributed by atoms with Crippen LogP contribution in [-0.4, -0.2) is 248 Å². The van der Waals surface area contributed by atoms with E-state index in [0.29, 0.717) is 21.3 Å². The number of ketones is 1. The number of primary amides is 1. The summed E-state index contributed by atoms with van der Waals surface area (Å²) in [5, 5.41) is 78.9. The molecule has 0 saturated carbocycles.